The maximum atomic E-state index is 9.60. The van der Waals surface area contributed by atoms with Gasteiger partial charge in [0.2, 0.25) is 0 Å². The number of aliphatic hydroxyl groups is 1. The zero-order valence-corrected chi connectivity index (χ0v) is 18.5. The summed E-state index contributed by atoms with van der Waals surface area (Å²) in [5.41, 5.74) is 1.32. The van der Waals surface area contributed by atoms with Crippen molar-refractivity contribution in [2.75, 3.05) is 19.7 Å². The van der Waals surface area contributed by atoms with E-state index in [9.17, 15) is 5.11 Å². The van der Waals surface area contributed by atoms with Crippen LogP contribution in [0.4, 0.5) is 0 Å². The Morgan fingerprint density at radius 3 is 2.42 bits per heavy atom. The Hall–Kier alpha value is -1.02. The number of guanidine groups is 1. The molecule has 1 aliphatic rings. The molecule has 0 radical (unpaired) electrons. The third kappa shape index (κ3) is 8.12. The van der Waals surface area contributed by atoms with Gasteiger partial charge in [-0.3, -0.25) is 0 Å². The molecule has 6 heteroatoms. The minimum Gasteiger partial charge on any atom is -0.492 e. The molecule has 1 saturated carbocycles. The normalized spacial score (nSPS) is 20.4. The molecule has 3 N–H and O–H groups in total. The van der Waals surface area contributed by atoms with Crippen LogP contribution in [0.3, 0.4) is 0 Å². The third-order valence-electron chi connectivity index (χ3n) is 4.56. The van der Waals surface area contributed by atoms with Gasteiger partial charge in [0.1, 0.15) is 12.4 Å². The van der Waals surface area contributed by atoms with E-state index in [0.717, 1.165) is 43.9 Å². The standard InChI is InChI=1S/C20H33N3O2.HI/c1-4-21-20(23-17-7-9-18(24)10-8-17)22-13-14-25-19-11-5-16(6-12-19)15(2)3;/h5-6,11-12,15,17-18,24H,4,7-10,13-14H2,1-3H3,(H2,21,22,23);1H. The number of nitrogens with zero attached hydrogens (tertiary/aromatic N) is 1. The van der Waals surface area contributed by atoms with E-state index in [1.807, 2.05) is 12.1 Å². The summed E-state index contributed by atoms with van der Waals surface area (Å²) in [5.74, 6) is 2.26. The van der Waals surface area contributed by atoms with Crippen LogP contribution in [0.15, 0.2) is 29.3 Å². The summed E-state index contributed by atoms with van der Waals surface area (Å²) in [6, 6.07) is 8.68. The van der Waals surface area contributed by atoms with Gasteiger partial charge in [-0.1, -0.05) is 26.0 Å². The summed E-state index contributed by atoms with van der Waals surface area (Å²) >= 11 is 0. The fourth-order valence-corrected chi connectivity index (χ4v) is 3.00. The SMILES string of the molecule is CCNC(=NCCOc1ccc(C(C)C)cc1)NC1CCC(O)CC1.I. The van der Waals surface area contributed by atoms with Gasteiger partial charge < -0.3 is 20.5 Å². The van der Waals surface area contributed by atoms with Gasteiger partial charge in [0, 0.05) is 12.6 Å². The summed E-state index contributed by atoms with van der Waals surface area (Å²) in [7, 11) is 0. The molecule has 1 fully saturated rings. The summed E-state index contributed by atoms with van der Waals surface area (Å²) < 4.78 is 5.78. The van der Waals surface area contributed by atoms with E-state index in [-0.39, 0.29) is 30.1 Å². The van der Waals surface area contributed by atoms with E-state index in [4.69, 9.17) is 4.74 Å². The smallest absolute Gasteiger partial charge is 0.191 e. The molecule has 0 saturated heterocycles. The Morgan fingerprint density at radius 2 is 1.85 bits per heavy atom. The lowest BCUT2D eigenvalue weighted by Gasteiger charge is -2.27. The molecule has 0 heterocycles. The third-order valence-corrected chi connectivity index (χ3v) is 4.56. The van der Waals surface area contributed by atoms with Gasteiger partial charge in [0.25, 0.3) is 0 Å². The van der Waals surface area contributed by atoms with E-state index < -0.39 is 0 Å². The second-order valence-corrected chi connectivity index (χ2v) is 6.98. The van der Waals surface area contributed by atoms with Crippen LogP contribution in [0.2, 0.25) is 0 Å². The molecule has 1 aromatic carbocycles. The largest absolute Gasteiger partial charge is 0.492 e. The van der Waals surface area contributed by atoms with Gasteiger partial charge >= 0.3 is 0 Å². The quantitative estimate of drug-likeness (QED) is 0.244. The first-order valence-corrected chi connectivity index (χ1v) is 9.54. The average Bonchev–Trinajstić information content (AvgIpc) is 2.61. The van der Waals surface area contributed by atoms with Crippen LogP contribution in [0.5, 0.6) is 5.75 Å². The number of nitrogens with one attached hydrogen (secondary N) is 2. The number of aliphatic hydroxyl groups excluding tert-OH is 1. The van der Waals surface area contributed by atoms with Crippen molar-refractivity contribution in [1.82, 2.24) is 10.6 Å². The number of hydrogen-bond donors (Lipinski definition) is 3. The van der Waals surface area contributed by atoms with Crippen LogP contribution in [0.25, 0.3) is 0 Å². The van der Waals surface area contributed by atoms with E-state index in [0.29, 0.717) is 25.1 Å². The van der Waals surface area contributed by atoms with Crippen LogP contribution >= 0.6 is 24.0 Å². The Morgan fingerprint density at radius 1 is 1.19 bits per heavy atom. The maximum absolute atomic E-state index is 9.60. The van der Waals surface area contributed by atoms with Crippen LogP contribution < -0.4 is 15.4 Å². The van der Waals surface area contributed by atoms with Gasteiger partial charge in [-0.2, -0.15) is 0 Å². The average molecular weight is 475 g/mol. The Labute approximate surface area is 175 Å². The van der Waals surface area contributed by atoms with Crippen LogP contribution in [0, 0.1) is 0 Å². The number of halogens is 1. The van der Waals surface area contributed by atoms with Crippen molar-refractivity contribution in [1.29, 1.82) is 0 Å². The minimum absolute atomic E-state index is 0. The Kier molecular flexibility index (Phi) is 11.0. The molecular formula is C20H34IN3O2. The lowest BCUT2D eigenvalue weighted by Crippen LogP contribution is -2.45. The monoisotopic (exact) mass is 475 g/mol. The predicted molar refractivity (Wildman–Crippen MR) is 119 cm³/mol. The molecule has 2 rings (SSSR count). The highest BCUT2D eigenvalue weighted by atomic mass is 127. The van der Waals surface area contributed by atoms with Gasteiger partial charge in [-0.15, -0.1) is 24.0 Å². The van der Waals surface area contributed by atoms with E-state index in [2.05, 4.69) is 48.5 Å². The van der Waals surface area contributed by atoms with Crippen molar-refractivity contribution in [3.05, 3.63) is 29.8 Å². The second kappa shape index (κ2) is 12.4. The first-order valence-electron chi connectivity index (χ1n) is 9.54. The molecular weight excluding hydrogens is 441 g/mol. The minimum atomic E-state index is -0.131. The Bertz CT molecular complexity index is 526. The predicted octanol–water partition coefficient (Wildman–Crippen LogP) is 3.67. The maximum Gasteiger partial charge on any atom is 0.191 e. The number of rotatable bonds is 7. The molecule has 0 atom stereocenters. The molecule has 0 bridgehead atoms. The molecule has 0 amide bonds. The van der Waals surface area contributed by atoms with Gasteiger partial charge in [0.05, 0.1) is 12.6 Å². The number of hydrogen-bond acceptors (Lipinski definition) is 3. The highest BCUT2D eigenvalue weighted by Gasteiger charge is 2.19. The summed E-state index contributed by atoms with van der Waals surface area (Å²) in [5, 5.41) is 16.4. The van der Waals surface area contributed by atoms with Gasteiger partial charge in [-0.25, -0.2) is 4.99 Å². The zero-order valence-electron chi connectivity index (χ0n) is 16.2. The Balaban J connectivity index is 0.00000338. The molecule has 0 spiro atoms. The molecule has 1 aliphatic carbocycles. The van der Waals surface area contributed by atoms with E-state index >= 15 is 0 Å². The van der Waals surface area contributed by atoms with Gasteiger partial charge in [-0.05, 0) is 56.2 Å². The summed E-state index contributed by atoms with van der Waals surface area (Å²) in [6.07, 6.45) is 3.58. The lowest BCUT2D eigenvalue weighted by molar-refractivity contribution is 0.120. The first-order chi connectivity index (χ1) is 12.1. The van der Waals surface area contributed by atoms with Gasteiger partial charge in [0.15, 0.2) is 5.96 Å². The summed E-state index contributed by atoms with van der Waals surface area (Å²) in [4.78, 5) is 4.59. The van der Waals surface area contributed by atoms with Crippen LogP contribution in [-0.4, -0.2) is 42.9 Å². The molecule has 148 valence electrons. The van der Waals surface area contributed by atoms with Crippen molar-refractivity contribution in [2.45, 2.75) is 64.5 Å². The number of ether oxygens (including phenoxy) is 1. The first kappa shape index (κ1) is 23.0. The molecule has 0 aliphatic heterocycles. The van der Waals surface area contributed by atoms with Crippen LogP contribution in [0.1, 0.15) is 57.9 Å². The van der Waals surface area contributed by atoms with Crippen LogP contribution in [-0.2, 0) is 0 Å². The van der Waals surface area contributed by atoms with E-state index in [1.54, 1.807) is 0 Å². The lowest BCUT2D eigenvalue weighted by atomic mass is 9.93. The highest BCUT2D eigenvalue weighted by Crippen LogP contribution is 2.19. The van der Waals surface area contributed by atoms with Crippen molar-refractivity contribution >= 4 is 29.9 Å². The van der Waals surface area contributed by atoms with E-state index in [1.165, 1.54) is 5.56 Å². The fourth-order valence-electron chi connectivity index (χ4n) is 3.00. The number of aliphatic imine (C=N–C) groups is 1. The highest BCUT2D eigenvalue weighted by molar-refractivity contribution is 14.0. The molecule has 26 heavy (non-hydrogen) atoms. The van der Waals surface area contributed by atoms with Crippen molar-refractivity contribution in [2.24, 2.45) is 4.99 Å². The fraction of sp³-hybridized carbons (Fsp3) is 0.650. The molecule has 1 aromatic rings. The van der Waals surface area contributed by atoms with Crippen molar-refractivity contribution in [3.63, 3.8) is 0 Å². The molecule has 0 unspecified atom stereocenters. The van der Waals surface area contributed by atoms with Crippen molar-refractivity contribution in [3.8, 4) is 5.75 Å². The second-order valence-electron chi connectivity index (χ2n) is 6.98. The summed E-state index contributed by atoms with van der Waals surface area (Å²) in [6.45, 7) is 8.44. The zero-order chi connectivity index (χ0) is 18.1. The van der Waals surface area contributed by atoms with Crippen molar-refractivity contribution < 1.29 is 9.84 Å². The molecule has 0 aromatic heterocycles. The molecule has 5 nitrogen and oxygen atoms in total. The number of benzene rings is 1. The topological polar surface area (TPSA) is 65.9 Å².